The number of nitrogens with one attached hydrogen (secondary N) is 1. The van der Waals surface area contributed by atoms with Crippen LogP contribution in [0.15, 0.2) is 35.3 Å². The average Bonchev–Trinajstić information content (AvgIpc) is 2.27. The van der Waals surface area contributed by atoms with Gasteiger partial charge in [0.25, 0.3) is 0 Å². The summed E-state index contributed by atoms with van der Waals surface area (Å²) in [6, 6.07) is 9.80. The van der Waals surface area contributed by atoms with Crippen molar-refractivity contribution in [3.63, 3.8) is 0 Å². The minimum Gasteiger partial charge on any atom is -0.370 e. The molecule has 0 radical (unpaired) electrons. The molecule has 82 valence electrons. The van der Waals surface area contributed by atoms with Crippen molar-refractivity contribution in [2.24, 2.45) is 10.7 Å². The Bertz CT molecular complexity index is 311. The third-order valence-corrected chi connectivity index (χ3v) is 2.92. The van der Waals surface area contributed by atoms with Gasteiger partial charge in [-0.25, -0.2) is 0 Å². The van der Waals surface area contributed by atoms with E-state index >= 15 is 0 Å². The van der Waals surface area contributed by atoms with Crippen molar-refractivity contribution < 1.29 is 0 Å². The van der Waals surface area contributed by atoms with Crippen LogP contribution in [0.5, 0.6) is 0 Å². The number of guanidine groups is 1. The van der Waals surface area contributed by atoms with E-state index in [-0.39, 0.29) is 0 Å². The SMILES string of the molecule is CSC(C)CN=C(N)Nc1ccccc1. The van der Waals surface area contributed by atoms with Gasteiger partial charge in [-0.3, -0.25) is 4.99 Å². The molecule has 0 aromatic heterocycles. The molecule has 0 aliphatic heterocycles. The van der Waals surface area contributed by atoms with Crippen LogP contribution < -0.4 is 11.1 Å². The number of thioether (sulfide) groups is 1. The highest BCUT2D eigenvalue weighted by Crippen LogP contribution is 2.06. The standard InChI is InChI=1S/C11H17N3S/c1-9(15-2)8-13-11(12)14-10-6-4-3-5-7-10/h3-7,9H,8H2,1-2H3,(H3,12,13,14). The Labute approximate surface area is 95.2 Å². The summed E-state index contributed by atoms with van der Waals surface area (Å²) in [7, 11) is 0. The van der Waals surface area contributed by atoms with Crippen LogP contribution in [0.3, 0.4) is 0 Å². The molecule has 3 nitrogen and oxygen atoms in total. The van der Waals surface area contributed by atoms with Gasteiger partial charge in [0.15, 0.2) is 5.96 Å². The van der Waals surface area contributed by atoms with Gasteiger partial charge in [0, 0.05) is 10.9 Å². The molecule has 0 fully saturated rings. The van der Waals surface area contributed by atoms with E-state index in [1.54, 1.807) is 11.8 Å². The summed E-state index contributed by atoms with van der Waals surface area (Å²) in [4.78, 5) is 4.25. The molecule has 0 heterocycles. The van der Waals surface area contributed by atoms with Crippen molar-refractivity contribution in [3.05, 3.63) is 30.3 Å². The summed E-state index contributed by atoms with van der Waals surface area (Å²) in [5, 5.41) is 3.54. The summed E-state index contributed by atoms with van der Waals surface area (Å²) in [6.07, 6.45) is 2.07. The van der Waals surface area contributed by atoms with E-state index in [9.17, 15) is 0 Å². The smallest absolute Gasteiger partial charge is 0.193 e. The number of aliphatic imine (C=N–C) groups is 1. The highest BCUT2D eigenvalue weighted by molar-refractivity contribution is 7.99. The van der Waals surface area contributed by atoms with Crippen molar-refractivity contribution in [1.82, 2.24) is 0 Å². The predicted molar refractivity (Wildman–Crippen MR) is 69.5 cm³/mol. The molecule has 0 saturated carbocycles. The number of hydrogen-bond acceptors (Lipinski definition) is 2. The van der Waals surface area contributed by atoms with Crippen LogP contribution in [0, 0.1) is 0 Å². The third kappa shape index (κ3) is 4.74. The molecule has 1 atom stereocenters. The minimum absolute atomic E-state index is 0.474. The van der Waals surface area contributed by atoms with Crippen LogP contribution in [0.1, 0.15) is 6.92 Å². The lowest BCUT2D eigenvalue weighted by Gasteiger charge is -2.07. The lowest BCUT2D eigenvalue weighted by molar-refractivity contribution is 0.951. The van der Waals surface area contributed by atoms with Crippen molar-refractivity contribution in [3.8, 4) is 0 Å². The number of benzene rings is 1. The molecule has 15 heavy (non-hydrogen) atoms. The average molecular weight is 223 g/mol. The molecule has 4 heteroatoms. The fourth-order valence-electron chi connectivity index (χ4n) is 1.01. The number of anilines is 1. The van der Waals surface area contributed by atoms with E-state index in [1.807, 2.05) is 30.3 Å². The van der Waals surface area contributed by atoms with E-state index in [1.165, 1.54) is 0 Å². The molecule has 1 aromatic carbocycles. The molecule has 0 aliphatic carbocycles. The second kappa shape index (κ2) is 6.35. The molecule has 0 saturated heterocycles. The zero-order valence-corrected chi connectivity index (χ0v) is 9.92. The number of nitrogens with two attached hydrogens (primary N) is 1. The molecule has 0 bridgehead atoms. The minimum atomic E-state index is 0.474. The van der Waals surface area contributed by atoms with Crippen LogP contribution in [0.2, 0.25) is 0 Å². The van der Waals surface area contributed by atoms with Gasteiger partial charge in [-0.2, -0.15) is 11.8 Å². The van der Waals surface area contributed by atoms with Crippen LogP contribution in [-0.4, -0.2) is 24.0 Å². The predicted octanol–water partition coefficient (Wildman–Crippen LogP) is 2.16. The number of rotatable bonds is 4. The van der Waals surface area contributed by atoms with E-state index in [2.05, 4.69) is 23.5 Å². The Morgan fingerprint density at radius 2 is 2.13 bits per heavy atom. The maximum absolute atomic E-state index is 5.74. The summed E-state index contributed by atoms with van der Waals surface area (Å²) in [5.41, 5.74) is 6.71. The first-order valence-corrected chi connectivity index (χ1v) is 6.16. The number of para-hydroxylation sites is 1. The summed E-state index contributed by atoms with van der Waals surface area (Å²) < 4.78 is 0. The summed E-state index contributed by atoms with van der Waals surface area (Å²) in [5.74, 6) is 0.474. The molecule has 0 spiro atoms. The maximum Gasteiger partial charge on any atom is 0.193 e. The fourth-order valence-corrected chi connectivity index (χ4v) is 1.23. The summed E-state index contributed by atoms with van der Waals surface area (Å²) >= 11 is 1.78. The number of hydrogen-bond donors (Lipinski definition) is 2. The molecule has 0 aliphatic rings. The van der Waals surface area contributed by atoms with E-state index in [0.29, 0.717) is 11.2 Å². The van der Waals surface area contributed by atoms with Gasteiger partial charge in [-0.15, -0.1) is 0 Å². The molecular formula is C11H17N3S. The Balaban J connectivity index is 2.45. The second-order valence-electron chi connectivity index (χ2n) is 3.26. The molecule has 1 unspecified atom stereocenters. The quantitative estimate of drug-likeness (QED) is 0.607. The molecule has 0 amide bonds. The first-order valence-electron chi connectivity index (χ1n) is 4.87. The second-order valence-corrected chi connectivity index (χ2v) is 4.54. The van der Waals surface area contributed by atoms with Gasteiger partial charge in [0.1, 0.15) is 0 Å². The van der Waals surface area contributed by atoms with Crippen molar-refractivity contribution in [2.75, 3.05) is 18.1 Å². The van der Waals surface area contributed by atoms with Crippen molar-refractivity contribution in [2.45, 2.75) is 12.2 Å². The lowest BCUT2D eigenvalue weighted by atomic mass is 10.3. The topological polar surface area (TPSA) is 50.4 Å². The highest BCUT2D eigenvalue weighted by atomic mass is 32.2. The monoisotopic (exact) mass is 223 g/mol. The summed E-state index contributed by atoms with van der Waals surface area (Å²) in [6.45, 7) is 2.87. The van der Waals surface area contributed by atoms with Crippen LogP contribution >= 0.6 is 11.8 Å². The molecule has 1 rings (SSSR count). The Morgan fingerprint density at radius 3 is 2.73 bits per heavy atom. The van der Waals surface area contributed by atoms with E-state index in [4.69, 9.17) is 5.73 Å². The van der Waals surface area contributed by atoms with Gasteiger partial charge in [0.2, 0.25) is 0 Å². The Hall–Kier alpha value is -1.16. The normalized spacial score (nSPS) is 13.6. The van der Waals surface area contributed by atoms with E-state index < -0.39 is 0 Å². The molecular weight excluding hydrogens is 206 g/mol. The largest absolute Gasteiger partial charge is 0.370 e. The van der Waals surface area contributed by atoms with Crippen molar-refractivity contribution >= 4 is 23.4 Å². The lowest BCUT2D eigenvalue weighted by Crippen LogP contribution is -2.23. The van der Waals surface area contributed by atoms with Crippen molar-refractivity contribution in [1.29, 1.82) is 0 Å². The number of nitrogens with zero attached hydrogens (tertiary/aromatic N) is 1. The molecule has 1 aromatic rings. The van der Waals surface area contributed by atoms with Gasteiger partial charge in [-0.05, 0) is 18.4 Å². The van der Waals surface area contributed by atoms with Crippen LogP contribution in [-0.2, 0) is 0 Å². The van der Waals surface area contributed by atoms with Gasteiger partial charge >= 0.3 is 0 Å². The van der Waals surface area contributed by atoms with Crippen LogP contribution in [0.4, 0.5) is 5.69 Å². The Kier molecular flexibility index (Phi) is 5.04. The van der Waals surface area contributed by atoms with Gasteiger partial charge in [-0.1, -0.05) is 25.1 Å². The Morgan fingerprint density at radius 1 is 1.47 bits per heavy atom. The van der Waals surface area contributed by atoms with Gasteiger partial charge < -0.3 is 11.1 Å². The van der Waals surface area contributed by atoms with Crippen LogP contribution in [0.25, 0.3) is 0 Å². The van der Waals surface area contributed by atoms with Gasteiger partial charge in [0.05, 0.1) is 6.54 Å². The zero-order chi connectivity index (χ0) is 11.1. The maximum atomic E-state index is 5.74. The third-order valence-electron chi connectivity index (χ3n) is 1.97. The van der Waals surface area contributed by atoms with E-state index in [0.717, 1.165) is 12.2 Å². The highest BCUT2D eigenvalue weighted by Gasteiger charge is 1.98. The first kappa shape index (κ1) is 11.9. The fraction of sp³-hybridized carbons (Fsp3) is 0.364. The first-order chi connectivity index (χ1) is 7.22. The zero-order valence-electron chi connectivity index (χ0n) is 9.10. The molecule has 3 N–H and O–H groups in total.